The van der Waals surface area contributed by atoms with Gasteiger partial charge in [-0.3, -0.25) is 4.79 Å². The summed E-state index contributed by atoms with van der Waals surface area (Å²) in [5.41, 5.74) is 0. The number of hydrogen-bond donors (Lipinski definition) is 0. The van der Waals surface area contributed by atoms with Crippen LogP contribution in [0.25, 0.3) is 0 Å². The second-order valence-electron chi connectivity index (χ2n) is 5.17. The number of amides is 1. The minimum atomic E-state index is 0.299. The van der Waals surface area contributed by atoms with Crippen LogP contribution in [0.5, 0.6) is 0 Å². The molecule has 2 rings (SSSR count). The monoisotopic (exact) mass is 196 g/mol. The van der Waals surface area contributed by atoms with E-state index in [0.717, 1.165) is 38.0 Å². The molecule has 0 unspecified atom stereocenters. The lowest BCUT2D eigenvalue weighted by molar-refractivity contribution is -0.148. The fourth-order valence-corrected chi connectivity index (χ4v) is 2.23. The summed E-state index contributed by atoms with van der Waals surface area (Å²) in [5, 5.41) is 0. The van der Waals surface area contributed by atoms with E-state index in [9.17, 15) is 4.79 Å². The summed E-state index contributed by atoms with van der Waals surface area (Å²) >= 11 is 0. The molecular weight excluding hydrogens is 176 g/mol. The third kappa shape index (κ3) is 1.65. The van der Waals surface area contributed by atoms with Gasteiger partial charge in [-0.05, 0) is 18.9 Å². The second-order valence-corrected chi connectivity index (χ2v) is 5.17. The van der Waals surface area contributed by atoms with E-state index in [-0.39, 0.29) is 0 Å². The molecule has 2 heterocycles. The number of carbonyl (C=O) groups excluding carboxylic acids is 1. The number of nitrogens with zero attached hydrogens (tertiary/aromatic N) is 2. The molecule has 0 spiro atoms. The highest BCUT2D eigenvalue weighted by Gasteiger charge is 2.39. The topological polar surface area (TPSA) is 23.6 Å². The van der Waals surface area contributed by atoms with Crippen LogP contribution in [0, 0.1) is 17.8 Å². The Morgan fingerprint density at radius 3 is 2.21 bits per heavy atom. The molecule has 14 heavy (non-hydrogen) atoms. The smallest absolute Gasteiger partial charge is 0.228 e. The Bertz CT molecular complexity index is 227. The average molecular weight is 196 g/mol. The van der Waals surface area contributed by atoms with Gasteiger partial charge in [-0.25, -0.2) is 0 Å². The van der Waals surface area contributed by atoms with Gasteiger partial charge in [0.15, 0.2) is 0 Å². The Morgan fingerprint density at radius 1 is 1.21 bits per heavy atom. The summed E-state index contributed by atoms with van der Waals surface area (Å²) in [6, 6.07) is 0. The van der Waals surface area contributed by atoms with Gasteiger partial charge in [0.05, 0.1) is 5.92 Å². The maximum absolute atomic E-state index is 11.8. The molecule has 2 fully saturated rings. The third-order valence-electron chi connectivity index (χ3n) is 3.58. The Kier molecular flexibility index (Phi) is 2.52. The van der Waals surface area contributed by atoms with E-state index >= 15 is 0 Å². The zero-order chi connectivity index (χ0) is 10.3. The average Bonchev–Trinajstić information content (AvgIpc) is 1.94. The lowest BCUT2D eigenvalue weighted by atomic mass is 9.86. The highest BCUT2D eigenvalue weighted by Crippen LogP contribution is 2.26. The van der Waals surface area contributed by atoms with Crippen molar-refractivity contribution < 1.29 is 4.79 Å². The van der Waals surface area contributed by atoms with Crippen molar-refractivity contribution in [2.24, 2.45) is 17.8 Å². The van der Waals surface area contributed by atoms with Crippen molar-refractivity contribution in [3.8, 4) is 0 Å². The van der Waals surface area contributed by atoms with Crippen LogP contribution in [0.4, 0.5) is 0 Å². The zero-order valence-corrected chi connectivity index (χ0v) is 9.36. The van der Waals surface area contributed by atoms with Gasteiger partial charge in [0, 0.05) is 26.2 Å². The minimum Gasteiger partial charge on any atom is -0.342 e. The zero-order valence-electron chi connectivity index (χ0n) is 9.36. The van der Waals surface area contributed by atoms with E-state index in [2.05, 4.69) is 25.8 Å². The predicted octanol–water partition coefficient (Wildman–Crippen LogP) is 0.662. The van der Waals surface area contributed by atoms with Gasteiger partial charge in [0.1, 0.15) is 0 Å². The van der Waals surface area contributed by atoms with Crippen molar-refractivity contribution >= 4 is 5.91 Å². The largest absolute Gasteiger partial charge is 0.342 e. The first kappa shape index (κ1) is 9.97. The number of rotatable bonds is 2. The first-order valence-corrected chi connectivity index (χ1v) is 5.55. The van der Waals surface area contributed by atoms with E-state index in [4.69, 9.17) is 0 Å². The van der Waals surface area contributed by atoms with Gasteiger partial charge < -0.3 is 9.80 Å². The number of carbonyl (C=O) groups is 1. The normalized spacial score (nSPS) is 25.0. The van der Waals surface area contributed by atoms with Crippen molar-refractivity contribution in [1.29, 1.82) is 0 Å². The van der Waals surface area contributed by atoms with Crippen LogP contribution in [0.2, 0.25) is 0 Å². The van der Waals surface area contributed by atoms with Crippen molar-refractivity contribution in [1.82, 2.24) is 9.80 Å². The molecular formula is C11H20N2O. The van der Waals surface area contributed by atoms with Gasteiger partial charge >= 0.3 is 0 Å². The summed E-state index contributed by atoms with van der Waals surface area (Å²) in [7, 11) is 2.07. The van der Waals surface area contributed by atoms with E-state index in [0.29, 0.717) is 11.8 Å². The molecule has 0 aromatic heterocycles. The molecule has 0 bridgehead atoms. The summed E-state index contributed by atoms with van der Waals surface area (Å²) < 4.78 is 0. The third-order valence-corrected chi connectivity index (χ3v) is 3.58. The lowest BCUT2D eigenvalue weighted by Crippen LogP contribution is -2.59. The highest BCUT2D eigenvalue weighted by molar-refractivity contribution is 5.81. The maximum Gasteiger partial charge on any atom is 0.228 e. The van der Waals surface area contributed by atoms with E-state index in [1.165, 1.54) is 0 Å². The quantitative estimate of drug-likeness (QED) is 0.648. The van der Waals surface area contributed by atoms with Gasteiger partial charge in [-0.15, -0.1) is 0 Å². The molecule has 0 atom stereocenters. The van der Waals surface area contributed by atoms with E-state index in [1.807, 2.05) is 4.90 Å². The fraction of sp³-hybridized carbons (Fsp3) is 0.909. The first-order valence-electron chi connectivity index (χ1n) is 5.55. The molecule has 2 aliphatic heterocycles. The van der Waals surface area contributed by atoms with Gasteiger partial charge in [-0.2, -0.15) is 0 Å². The molecule has 0 aromatic carbocycles. The Hall–Kier alpha value is -0.570. The second kappa shape index (κ2) is 3.54. The molecule has 0 radical (unpaired) electrons. The van der Waals surface area contributed by atoms with Crippen molar-refractivity contribution in [3.05, 3.63) is 0 Å². The van der Waals surface area contributed by atoms with Crippen LogP contribution >= 0.6 is 0 Å². The SMILES string of the molecule is CC(C)C1CN(C(=O)C2CN(C)C2)C1. The van der Waals surface area contributed by atoms with Crippen LogP contribution in [0.1, 0.15) is 13.8 Å². The molecule has 2 saturated heterocycles. The molecule has 3 heteroatoms. The molecule has 2 aliphatic rings. The molecule has 0 N–H and O–H groups in total. The minimum absolute atomic E-state index is 0.299. The maximum atomic E-state index is 11.8. The highest BCUT2D eigenvalue weighted by atomic mass is 16.2. The number of hydrogen-bond acceptors (Lipinski definition) is 2. The van der Waals surface area contributed by atoms with Crippen molar-refractivity contribution in [3.63, 3.8) is 0 Å². The Labute approximate surface area is 86.1 Å². The van der Waals surface area contributed by atoms with Crippen LogP contribution < -0.4 is 0 Å². The van der Waals surface area contributed by atoms with Crippen molar-refractivity contribution in [2.45, 2.75) is 13.8 Å². The van der Waals surface area contributed by atoms with Crippen LogP contribution in [0.3, 0.4) is 0 Å². The summed E-state index contributed by atoms with van der Waals surface area (Å²) in [6.45, 7) is 8.39. The van der Waals surface area contributed by atoms with Crippen LogP contribution in [-0.4, -0.2) is 48.9 Å². The molecule has 80 valence electrons. The van der Waals surface area contributed by atoms with Crippen molar-refractivity contribution in [2.75, 3.05) is 33.2 Å². The number of likely N-dealkylation sites (tertiary alicyclic amines) is 2. The molecule has 1 amide bonds. The first-order chi connectivity index (χ1) is 6.58. The van der Waals surface area contributed by atoms with Gasteiger partial charge in [0.2, 0.25) is 5.91 Å². The van der Waals surface area contributed by atoms with Gasteiger partial charge in [-0.1, -0.05) is 13.8 Å². The summed E-state index contributed by atoms with van der Waals surface area (Å²) in [6.07, 6.45) is 0. The lowest BCUT2D eigenvalue weighted by Gasteiger charge is -2.46. The summed E-state index contributed by atoms with van der Waals surface area (Å²) in [4.78, 5) is 16.0. The van der Waals surface area contributed by atoms with Gasteiger partial charge in [0.25, 0.3) is 0 Å². The molecule has 3 nitrogen and oxygen atoms in total. The summed E-state index contributed by atoms with van der Waals surface area (Å²) in [5.74, 6) is 2.16. The fourth-order valence-electron chi connectivity index (χ4n) is 2.23. The Morgan fingerprint density at radius 2 is 1.79 bits per heavy atom. The standard InChI is InChI=1S/C11H20N2O/c1-8(2)9-6-13(7-9)11(14)10-4-12(3)5-10/h8-10H,4-7H2,1-3H3. The Balaban J connectivity index is 1.74. The molecule has 0 aliphatic carbocycles. The predicted molar refractivity (Wildman–Crippen MR) is 55.9 cm³/mol. The molecule has 0 saturated carbocycles. The van der Waals surface area contributed by atoms with E-state index in [1.54, 1.807) is 0 Å². The molecule has 0 aromatic rings. The van der Waals surface area contributed by atoms with Crippen LogP contribution in [0.15, 0.2) is 0 Å². The van der Waals surface area contributed by atoms with Crippen LogP contribution in [-0.2, 0) is 4.79 Å². The van der Waals surface area contributed by atoms with E-state index < -0.39 is 0 Å².